The van der Waals surface area contributed by atoms with Gasteiger partial charge in [-0.1, -0.05) is 24.3 Å². The maximum Gasteiger partial charge on any atom is 0.321 e. The molecule has 0 bridgehead atoms. The molecule has 0 radical (unpaired) electrons. The van der Waals surface area contributed by atoms with Gasteiger partial charge < -0.3 is 15.1 Å². The number of amides is 3. The van der Waals surface area contributed by atoms with Crippen molar-refractivity contribution in [2.24, 2.45) is 5.41 Å². The number of anilines is 1. The van der Waals surface area contributed by atoms with Crippen molar-refractivity contribution in [1.29, 1.82) is 0 Å². The van der Waals surface area contributed by atoms with Gasteiger partial charge in [-0.3, -0.25) is 9.78 Å². The average Bonchev–Trinajstić information content (AvgIpc) is 2.73. The van der Waals surface area contributed by atoms with Crippen molar-refractivity contribution < 1.29 is 9.59 Å². The van der Waals surface area contributed by atoms with Crippen LogP contribution in [-0.2, 0) is 11.3 Å². The van der Waals surface area contributed by atoms with E-state index >= 15 is 0 Å². The van der Waals surface area contributed by atoms with Gasteiger partial charge in [-0.05, 0) is 43.5 Å². The SMILES string of the molecule is O=C1CC[C@]2(CCCN(C(=O)Nc3ccccc3)C2)CN1Cc1ccccn1. The topological polar surface area (TPSA) is 65.5 Å². The molecule has 3 amide bonds. The molecule has 6 nitrogen and oxygen atoms in total. The van der Waals surface area contributed by atoms with Crippen LogP contribution in [0.25, 0.3) is 0 Å². The molecule has 2 saturated heterocycles. The summed E-state index contributed by atoms with van der Waals surface area (Å²) in [6.07, 6.45) is 5.17. The minimum atomic E-state index is -0.0570. The van der Waals surface area contributed by atoms with Crippen molar-refractivity contribution in [3.05, 3.63) is 60.4 Å². The van der Waals surface area contributed by atoms with Gasteiger partial charge in [0.2, 0.25) is 5.91 Å². The molecule has 1 atom stereocenters. The van der Waals surface area contributed by atoms with Crippen LogP contribution in [0.5, 0.6) is 0 Å². The van der Waals surface area contributed by atoms with Gasteiger partial charge in [0, 0.05) is 43.4 Å². The molecule has 0 unspecified atom stereocenters. The Morgan fingerprint density at radius 3 is 2.68 bits per heavy atom. The third-order valence-electron chi connectivity index (χ3n) is 5.80. The van der Waals surface area contributed by atoms with Crippen molar-refractivity contribution in [3.8, 4) is 0 Å². The van der Waals surface area contributed by atoms with Crippen LogP contribution in [0, 0.1) is 5.41 Å². The fourth-order valence-corrected chi connectivity index (χ4v) is 4.37. The monoisotopic (exact) mass is 378 g/mol. The zero-order valence-corrected chi connectivity index (χ0v) is 16.0. The number of para-hydroxylation sites is 1. The zero-order valence-electron chi connectivity index (χ0n) is 16.0. The summed E-state index contributed by atoms with van der Waals surface area (Å²) in [7, 11) is 0. The van der Waals surface area contributed by atoms with Crippen LogP contribution in [0.3, 0.4) is 0 Å². The van der Waals surface area contributed by atoms with E-state index in [4.69, 9.17) is 0 Å². The first-order valence-electron chi connectivity index (χ1n) is 9.92. The fourth-order valence-electron chi connectivity index (χ4n) is 4.37. The van der Waals surface area contributed by atoms with E-state index in [1.165, 1.54) is 0 Å². The van der Waals surface area contributed by atoms with E-state index in [1.54, 1.807) is 6.20 Å². The molecule has 1 aromatic carbocycles. The van der Waals surface area contributed by atoms with Gasteiger partial charge in [-0.2, -0.15) is 0 Å². The second-order valence-corrected chi connectivity index (χ2v) is 7.89. The summed E-state index contributed by atoms with van der Waals surface area (Å²) in [6, 6.07) is 15.3. The quantitative estimate of drug-likeness (QED) is 0.889. The Morgan fingerprint density at radius 1 is 1.07 bits per heavy atom. The molecule has 2 aromatic rings. The number of nitrogens with zero attached hydrogens (tertiary/aromatic N) is 3. The van der Waals surface area contributed by atoms with Crippen LogP contribution in [-0.4, -0.2) is 46.4 Å². The van der Waals surface area contributed by atoms with E-state index in [0.29, 0.717) is 26.1 Å². The predicted molar refractivity (Wildman–Crippen MR) is 108 cm³/mol. The Hall–Kier alpha value is -2.89. The van der Waals surface area contributed by atoms with Gasteiger partial charge in [0.25, 0.3) is 0 Å². The highest BCUT2D eigenvalue weighted by Crippen LogP contribution is 2.39. The number of nitrogens with one attached hydrogen (secondary N) is 1. The summed E-state index contributed by atoms with van der Waals surface area (Å²) in [5, 5.41) is 2.99. The minimum absolute atomic E-state index is 0.0189. The van der Waals surface area contributed by atoms with Gasteiger partial charge in [0.15, 0.2) is 0 Å². The van der Waals surface area contributed by atoms with E-state index in [-0.39, 0.29) is 17.4 Å². The van der Waals surface area contributed by atoms with Crippen molar-refractivity contribution in [1.82, 2.24) is 14.8 Å². The predicted octanol–water partition coefficient (Wildman–Crippen LogP) is 3.52. The van der Waals surface area contributed by atoms with Gasteiger partial charge in [0.1, 0.15) is 0 Å². The van der Waals surface area contributed by atoms with Gasteiger partial charge in [-0.15, -0.1) is 0 Å². The summed E-state index contributed by atoms with van der Waals surface area (Å²) in [5.41, 5.74) is 1.69. The highest BCUT2D eigenvalue weighted by molar-refractivity contribution is 5.89. The lowest BCUT2D eigenvalue weighted by atomic mass is 9.73. The van der Waals surface area contributed by atoms with Crippen LogP contribution in [0.1, 0.15) is 31.4 Å². The third kappa shape index (κ3) is 4.16. The smallest absolute Gasteiger partial charge is 0.321 e. The molecule has 146 valence electrons. The van der Waals surface area contributed by atoms with Crippen LogP contribution >= 0.6 is 0 Å². The van der Waals surface area contributed by atoms with E-state index < -0.39 is 0 Å². The number of piperidine rings is 2. The lowest BCUT2D eigenvalue weighted by molar-refractivity contribution is -0.139. The summed E-state index contributed by atoms with van der Waals surface area (Å²) >= 11 is 0. The van der Waals surface area contributed by atoms with Crippen LogP contribution < -0.4 is 5.32 Å². The highest BCUT2D eigenvalue weighted by Gasteiger charge is 2.42. The van der Waals surface area contributed by atoms with Crippen molar-refractivity contribution >= 4 is 17.6 Å². The number of urea groups is 1. The lowest BCUT2D eigenvalue weighted by Gasteiger charge is -2.48. The number of carbonyl (C=O) groups excluding carboxylic acids is 2. The van der Waals surface area contributed by atoms with Crippen LogP contribution in [0.15, 0.2) is 54.7 Å². The summed E-state index contributed by atoms with van der Waals surface area (Å²) in [4.78, 5) is 33.4. The van der Waals surface area contributed by atoms with Crippen LogP contribution in [0.2, 0.25) is 0 Å². The Bertz CT molecular complexity index is 827. The molecule has 28 heavy (non-hydrogen) atoms. The Morgan fingerprint density at radius 2 is 1.89 bits per heavy atom. The van der Waals surface area contributed by atoms with Gasteiger partial charge in [-0.25, -0.2) is 4.79 Å². The maximum absolute atomic E-state index is 12.8. The summed E-state index contributed by atoms with van der Waals surface area (Å²) in [5.74, 6) is 0.183. The van der Waals surface area contributed by atoms with E-state index in [9.17, 15) is 9.59 Å². The second-order valence-electron chi connectivity index (χ2n) is 7.89. The Balaban J connectivity index is 1.43. The molecular formula is C22H26N4O2. The number of pyridine rings is 1. The minimum Gasteiger partial charge on any atom is -0.336 e. The molecule has 2 aliphatic heterocycles. The van der Waals surface area contributed by atoms with Crippen molar-refractivity contribution in [3.63, 3.8) is 0 Å². The largest absolute Gasteiger partial charge is 0.336 e. The van der Waals surface area contributed by atoms with Gasteiger partial charge in [0.05, 0.1) is 12.2 Å². The molecule has 1 N–H and O–H groups in total. The molecule has 2 fully saturated rings. The second kappa shape index (κ2) is 8.00. The molecule has 4 rings (SSSR count). The normalized spacial score (nSPS) is 22.4. The number of hydrogen-bond donors (Lipinski definition) is 1. The zero-order chi connectivity index (χ0) is 19.4. The number of carbonyl (C=O) groups is 2. The Kier molecular flexibility index (Phi) is 5.28. The molecule has 3 heterocycles. The first-order chi connectivity index (χ1) is 13.6. The molecule has 1 spiro atoms. The molecule has 0 aliphatic carbocycles. The highest BCUT2D eigenvalue weighted by atomic mass is 16.2. The number of benzene rings is 1. The third-order valence-corrected chi connectivity index (χ3v) is 5.80. The number of likely N-dealkylation sites (tertiary alicyclic amines) is 2. The van der Waals surface area contributed by atoms with E-state index in [0.717, 1.165) is 37.2 Å². The molecule has 1 aromatic heterocycles. The maximum atomic E-state index is 12.8. The van der Waals surface area contributed by atoms with Crippen LogP contribution in [0.4, 0.5) is 10.5 Å². The average molecular weight is 378 g/mol. The summed E-state index contributed by atoms with van der Waals surface area (Å²) in [6.45, 7) is 2.68. The fraction of sp³-hybridized carbons (Fsp3) is 0.409. The number of hydrogen-bond acceptors (Lipinski definition) is 3. The molecule has 2 aliphatic rings. The summed E-state index contributed by atoms with van der Waals surface area (Å²) < 4.78 is 0. The van der Waals surface area contributed by atoms with Crippen molar-refractivity contribution in [2.75, 3.05) is 25.0 Å². The van der Waals surface area contributed by atoms with Gasteiger partial charge >= 0.3 is 6.03 Å². The van der Waals surface area contributed by atoms with E-state index in [1.807, 2.05) is 58.3 Å². The van der Waals surface area contributed by atoms with E-state index in [2.05, 4.69) is 10.3 Å². The number of rotatable bonds is 3. The lowest BCUT2D eigenvalue weighted by Crippen LogP contribution is -2.55. The first-order valence-corrected chi connectivity index (χ1v) is 9.92. The molecule has 0 saturated carbocycles. The van der Waals surface area contributed by atoms with Crippen molar-refractivity contribution in [2.45, 2.75) is 32.2 Å². The number of aromatic nitrogens is 1. The molecular weight excluding hydrogens is 352 g/mol. The first kappa shape index (κ1) is 18.5. The standard InChI is InChI=1S/C22H26N4O2/c27-20-10-12-22(17-26(20)15-19-9-4-5-13-23-19)11-6-14-25(16-22)21(28)24-18-7-2-1-3-8-18/h1-5,7-9,13H,6,10-12,14-17H2,(H,24,28)/t22-/m0/s1. The Labute approximate surface area is 165 Å². The molecule has 6 heteroatoms.